The zero-order valence-electron chi connectivity index (χ0n) is 15.1. The van der Waals surface area contributed by atoms with Crippen LogP contribution in [0.15, 0.2) is 48.5 Å². The maximum atomic E-state index is 13.0. The van der Waals surface area contributed by atoms with Crippen LogP contribution in [-0.2, 0) is 11.3 Å². The van der Waals surface area contributed by atoms with Crippen molar-refractivity contribution >= 4 is 11.0 Å². The van der Waals surface area contributed by atoms with Crippen molar-refractivity contribution in [3.8, 4) is 5.75 Å². The van der Waals surface area contributed by atoms with E-state index in [9.17, 15) is 9.50 Å². The molecule has 1 aliphatic rings. The molecule has 3 aromatic rings. The van der Waals surface area contributed by atoms with E-state index in [-0.39, 0.29) is 12.4 Å². The lowest BCUT2D eigenvalue weighted by molar-refractivity contribution is 0.0780. The largest absolute Gasteiger partial charge is 0.491 e. The highest BCUT2D eigenvalue weighted by atomic mass is 19.1. The lowest BCUT2D eigenvalue weighted by atomic mass is 9.99. The fraction of sp³-hybridized carbons (Fsp3) is 0.381. The summed E-state index contributed by atoms with van der Waals surface area (Å²) in [6.45, 7) is 2.01. The van der Waals surface area contributed by atoms with Gasteiger partial charge in [-0.1, -0.05) is 12.1 Å². The fourth-order valence-electron chi connectivity index (χ4n) is 3.54. The van der Waals surface area contributed by atoms with Crippen molar-refractivity contribution < 1.29 is 19.0 Å². The number of halogens is 1. The molecule has 0 radical (unpaired) electrons. The van der Waals surface area contributed by atoms with Crippen molar-refractivity contribution in [1.29, 1.82) is 0 Å². The first kappa shape index (κ1) is 17.9. The predicted molar refractivity (Wildman–Crippen MR) is 100 cm³/mol. The molecule has 0 amide bonds. The Balaban J connectivity index is 1.51. The molecule has 142 valence electrons. The maximum Gasteiger partial charge on any atom is 0.123 e. The summed E-state index contributed by atoms with van der Waals surface area (Å²) >= 11 is 0. The number of fused-ring (bicyclic) bond motifs is 1. The Bertz CT molecular complexity index is 888. The molecular weight excluding hydrogens is 347 g/mol. The molecule has 1 fully saturated rings. The second-order valence-corrected chi connectivity index (χ2v) is 6.87. The van der Waals surface area contributed by atoms with Crippen LogP contribution in [0.1, 0.15) is 24.6 Å². The Hall–Kier alpha value is -2.44. The van der Waals surface area contributed by atoms with Crippen LogP contribution >= 0.6 is 0 Å². The Morgan fingerprint density at radius 1 is 1.15 bits per heavy atom. The molecule has 2 aromatic carbocycles. The van der Waals surface area contributed by atoms with Gasteiger partial charge in [0.25, 0.3) is 0 Å². The van der Waals surface area contributed by atoms with Gasteiger partial charge >= 0.3 is 0 Å². The van der Waals surface area contributed by atoms with E-state index in [1.165, 1.54) is 12.1 Å². The molecule has 2 heterocycles. The maximum absolute atomic E-state index is 13.0. The topological polar surface area (TPSA) is 56.5 Å². The van der Waals surface area contributed by atoms with Crippen molar-refractivity contribution in [1.82, 2.24) is 9.55 Å². The number of ether oxygens (including phenoxy) is 2. The van der Waals surface area contributed by atoms with Gasteiger partial charge in [-0.3, -0.25) is 0 Å². The summed E-state index contributed by atoms with van der Waals surface area (Å²) in [5.74, 6) is 1.56. The molecule has 0 bridgehead atoms. The van der Waals surface area contributed by atoms with Crippen LogP contribution in [-0.4, -0.2) is 40.6 Å². The fourth-order valence-corrected chi connectivity index (χ4v) is 3.54. The highest BCUT2D eigenvalue weighted by Gasteiger charge is 2.24. The highest BCUT2D eigenvalue weighted by molar-refractivity contribution is 5.76. The van der Waals surface area contributed by atoms with E-state index in [4.69, 9.17) is 14.5 Å². The van der Waals surface area contributed by atoms with Crippen LogP contribution in [0.5, 0.6) is 5.75 Å². The number of aliphatic hydroxyl groups is 1. The van der Waals surface area contributed by atoms with E-state index < -0.39 is 6.10 Å². The van der Waals surface area contributed by atoms with Crippen LogP contribution in [0.4, 0.5) is 4.39 Å². The van der Waals surface area contributed by atoms with E-state index in [1.54, 1.807) is 12.1 Å². The van der Waals surface area contributed by atoms with Crippen LogP contribution in [0.3, 0.4) is 0 Å². The number of imidazole rings is 1. The molecule has 0 saturated carbocycles. The molecular formula is C21H23FN2O3. The number of aliphatic hydroxyl groups excluding tert-OH is 1. The molecule has 0 spiro atoms. The van der Waals surface area contributed by atoms with E-state index in [1.807, 2.05) is 24.3 Å². The van der Waals surface area contributed by atoms with Gasteiger partial charge in [0.15, 0.2) is 0 Å². The quantitative estimate of drug-likeness (QED) is 0.721. The molecule has 1 unspecified atom stereocenters. The molecule has 0 aliphatic carbocycles. The van der Waals surface area contributed by atoms with Gasteiger partial charge in [0.05, 0.1) is 17.6 Å². The predicted octanol–water partition coefficient (Wildman–Crippen LogP) is 3.51. The molecule has 1 N–H and O–H groups in total. The Kier molecular flexibility index (Phi) is 5.36. The summed E-state index contributed by atoms with van der Waals surface area (Å²) in [4.78, 5) is 4.83. The zero-order chi connectivity index (χ0) is 18.6. The summed E-state index contributed by atoms with van der Waals surface area (Å²) in [6, 6.07) is 13.8. The summed E-state index contributed by atoms with van der Waals surface area (Å²) < 4.78 is 26.2. The molecule has 6 heteroatoms. The SMILES string of the molecule is OC(COc1ccc(F)cc1)Cn1c(C2CCOCC2)nc2ccccc21. The van der Waals surface area contributed by atoms with Crippen molar-refractivity contribution in [3.63, 3.8) is 0 Å². The van der Waals surface area contributed by atoms with Gasteiger partial charge in [-0.05, 0) is 49.2 Å². The molecule has 27 heavy (non-hydrogen) atoms. The smallest absolute Gasteiger partial charge is 0.123 e. The zero-order valence-corrected chi connectivity index (χ0v) is 15.1. The van der Waals surface area contributed by atoms with Crippen molar-refractivity contribution in [3.05, 3.63) is 60.2 Å². The average Bonchev–Trinajstić information content (AvgIpc) is 3.07. The summed E-state index contributed by atoms with van der Waals surface area (Å²) in [5, 5.41) is 10.5. The van der Waals surface area contributed by atoms with Gasteiger partial charge in [0.1, 0.15) is 30.1 Å². The normalized spacial score (nSPS) is 16.5. The molecule has 1 aromatic heterocycles. The average molecular weight is 370 g/mol. The first-order valence-corrected chi connectivity index (χ1v) is 9.30. The van der Waals surface area contributed by atoms with Crippen LogP contribution in [0, 0.1) is 5.82 Å². The van der Waals surface area contributed by atoms with Crippen molar-refractivity contribution in [2.45, 2.75) is 31.4 Å². The monoisotopic (exact) mass is 370 g/mol. The number of nitrogens with zero attached hydrogens (tertiary/aromatic N) is 2. The third kappa shape index (κ3) is 4.12. The minimum Gasteiger partial charge on any atom is -0.491 e. The van der Waals surface area contributed by atoms with Crippen LogP contribution < -0.4 is 4.74 Å². The lowest BCUT2D eigenvalue weighted by Crippen LogP contribution is -2.26. The third-order valence-electron chi connectivity index (χ3n) is 4.92. The minimum absolute atomic E-state index is 0.130. The molecule has 5 nitrogen and oxygen atoms in total. The molecule has 1 aliphatic heterocycles. The van der Waals surface area contributed by atoms with Crippen molar-refractivity contribution in [2.75, 3.05) is 19.8 Å². The number of hydrogen-bond acceptors (Lipinski definition) is 4. The summed E-state index contributed by atoms with van der Waals surface area (Å²) in [7, 11) is 0. The molecule has 4 rings (SSSR count). The molecule has 1 atom stereocenters. The lowest BCUT2D eigenvalue weighted by Gasteiger charge is -2.23. The first-order valence-electron chi connectivity index (χ1n) is 9.30. The van der Waals surface area contributed by atoms with Gasteiger partial charge in [-0.25, -0.2) is 9.37 Å². The van der Waals surface area contributed by atoms with Gasteiger partial charge in [0, 0.05) is 19.1 Å². The Morgan fingerprint density at radius 2 is 1.89 bits per heavy atom. The second-order valence-electron chi connectivity index (χ2n) is 6.87. The van der Waals surface area contributed by atoms with E-state index >= 15 is 0 Å². The van der Waals surface area contributed by atoms with Gasteiger partial charge in [0.2, 0.25) is 0 Å². The second kappa shape index (κ2) is 8.06. The van der Waals surface area contributed by atoms with Crippen molar-refractivity contribution in [2.24, 2.45) is 0 Å². The summed E-state index contributed by atoms with van der Waals surface area (Å²) in [6.07, 6.45) is 1.17. The first-order chi connectivity index (χ1) is 13.2. The van der Waals surface area contributed by atoms with Crippen LogP contribution in [0.25, 0.3) is 11.0 Å². The molecule has 1 saturated heterocycles. The van der Waals surface area contributed by atoms with E-state index in [2.05, 4.69) is 4.57 Å². The van der Waals surface area contributed by atoms with E-state index in [0.29, 0.717) is 18.2 Å². The number of rotatable bonds is 6. The number of aromatic nitrogens is 2. The van der Waals surface area contributed by atoms with Gasteiger partial charge < -0.3 is 19.1 Å². The highest BCUT2D eigenvalue weighted by Crippen LogP contribution is 2.29. The third-order valence-corrected chi connectivity index (χ3v) is 4.92. The standard InChI is InChI=1S/C21H23FN2O3/c22-16-5-7-18(8-6-16)27-14-17(25)13-24-20-4-2-1-3-19(20)23-21(24)15-9-11-26-12-10-15/h1-8,15,17,25H,9-14H2. The summed E-state index contributed by atoms with van der Waals surface area (Å²) in [5.41, 5.74) is 1.95. The van der Waals surface area contributed by atoms with E-state index in [0.717, 1.165) is 42.9 Å². The van der Waals surface area contributed by atoms with Crippen LogP contribution in [0.2, 0.25) is 0 Å². The van der Waals surface area contributed by atoms with Gasteiger partial charge in [-0.15, -0.1) is 0 Å². The van der Waals surface area contributed by atoms with Gasteiger partial charge in [-0.2, -0.15) is 0 Å². The Labute approximate surface area is 157 Å². The Morgan fingerprint density at radius 3 is 2.67 bits per heavy atom. The minimum atomic E-state index is -0.703. The number of hydrogen-bond donors (Lipinski definition) is 1. The number of para-hydroxylation sites is 2. The number of benzene rings is 2.